The zero-order valence-electron chi connectivity index (χ0n) is 12.9. The highest BCUT2D eigenvalue weighted by Gasteiger charge is 2.13. The van der Waals surface area contributed by atoms with Gasteiger partial charge in [0, 0.05) is 29.9 Å². The van der Waals surface area contributed by atoms with Gasteiger partial charge in [-0.25, -0.2) is 4.68 Å². The van der Waals surface area contributed by atoms with Gasteiger partial charge < -0.3 is 11.1 Å². The van der Waals surface area contributed by atoms with Crippen molar-refractivity contribution in [2.24, 2.45) is 5.73 Å². The van der Waals surface area contributed by atoms with Gasteiger partial charge in [-0.15, -0.1) is 0 Å². The Labute approximate surface area is 145 Å². The zero-order valence-corrected chi connectivity index (χ0v) is 13.7. The molecule has 3 rings (SSSR count). The Morgan fingerprint density at radius 3 is 2.58 bits per heavy atom. The molecule has 6 heteroatoms. The van der Waals surface area contributed by atoms with Gasteiger partial charge in [-0.1, -0.05) is 35.9 Å². The third-order valence-corrected chi connectivity index (χ3v) is 3.89. The average molecular weight is 341 g/mol. The summed E-state index contributed by atoms with van der Waals surface area (Å²) in [5.74, 6) is -0.162. The number of halogens is 1. The van der Waals surface area contributed by atoms with Crippen LogP contribution in [-0.4, -0.2) is 15.7 Å². The Bertz CT molecular complexity index is 842. The van der Waals surface area contributed by atoms with Crippen molar-refractivity contribution in [1.82, 2.24) is 15.1 Å². The molecule has 24 heavy (non-hydrogen) atoms. The summed E-state index contributed by atoms with van der Waals surface area (Å²) < 4.78 is 1.67. The molecule has 1 heterocycles. The third-order valence-electron chi connectivity index (χ3n) is 3.63. The van der Waals surface area contributed by atoms with E-state index in [1.807, 2.05) is 36.5 Å². The van der Waals surface area contributed by atoms with Gasteiger partial charge in [-0.2, -0.15) is 5.10 Å². The van der Waals surface area contributed by atoms with Crippen LogP contribution in [0.25, 0.3) is 5.69 Å². The van der Waals surface area contributed by atoms with Crippen LogP contribution >= 0.6 is 11.6 Å². The van der Waals surface area contributed by atoms with Gasteiger partial charge in [-0.3, -0.25) is 4.79 Å². The highest BCUT2D eigenvalue weighted by atomic mass is 35.5. The lowest BCUT2D eigenvalue weighted by molar-refractivity contribution is 0.0951. The van der Waals surface area contributed by atoms with E-state index in [1.165, 1.54) is 0 Å². The summed E-state index contributed by atoms with van der Waals surface area (Å²) in [6.07, 6.45) is 3.52. The van der Waals surface area contributed by atoms with Crippen LogP contribution in [0.5, 0.6) is 0 Å². The van der Waals surface area contributed by atoms with Crippen LogP contribution in [0.15, 0.2) is 60.9 Å². The molecule has 0 aliphatic rings. The fraction of sp³-hybridized carbons (Fsp3) is 0.111. The summed E-state index contributed by atoms with van der Waals surface area (Å²) in [5, 5.41) is 7.86. The Morgan fingerprint density at radius 1 is 1.12 bits per heavy atom. The second-order valence-electron chi connectivity index (χ2n) is 5.32. The lowest BCUT2D eigenvalue weighted by Crippen LogP contribution is -2.24. The molecule has 1 amide bonds. The molecule has 0 aliphatic heterocycles. The molecular formula is C18H17ClN4O. The summed E-state index contributed by atoms with van der Waals surface area (Å²) in [7, 11) is 0. The molecule has 0 radical (unpaired) electrons. The van der Waals surface area contributed by atoms with Gasteiger partial charge in [0.1, 0.15) is 0 Å². The van der Waals surface area contributed by atoms with Gasteiger partial charge in [0.05, 0.1) is 17.4 Å². The second-order valence-corrected chi connectivity index (χ2v) is 5.76. The number of amides is 1. The van der Waals surface area contributed by atoms with E-state index in [0.29, 0.717) is 29.4 Å². The van der Waals surface area contributed by atoms with Gasteiger partial charge in [0.25, 0.3) is 5.91 Å². The number of nitrogens with two attached hydrogens (primary N) is 1. The monoisotopic (exact) mass is 340 g/mol. The normalized spacial score (nSPS) is 10.6. The van der Waals surface area contributed by atoms with Crippen molar-refractivity contribution in [2.45, 2.75) is 13.1 Å². The number of carbonyl (C=O) groups is 1. The van der Waals surface area contributed by atoms with Crippen molar-refractivity contribution in [3.63, 3.8) is 0 Å². The van der Waals surface area contributed by atoms with Crippen molar-refractivity contribution in [1.29, 1.82) is 0 Å². The number of carbonyl (C=O) groups excluding carboxylic acids is 1. The predicted octanol–water partition coefficient (Wildman–Crippen LogP) is 2.91. The highest BCUT2D eigenvalue weighted by molar-refractivity contribution is 6.30. The number of rotatable bonds is 5. The number of aromatic nitrogens is 2. The number of nitrogens with one attached hydrogen (secondary N) is 1. The molecule has 3 aromatic rings. The first-order valence-electron chi connectivity index (χ1n) is 7.53. The Morgan fingerprint density at radius 2 is 1.88 bits per heavy atom. The molecule has 0 bridgehead atoms. The maximum Gasteiger partial charge on any atom is 0.253 e. The van der Waals surface area contributed by atoms with Gasteiger partial charge >= 0.3 is 0 Å². The van der Waals surface area contributed by atoms with E-state index in [0.717, 1.165) is 11.1 Å². The molecule has 0 spiro atoms. The van der Waals surface area contributed by atoms with Crippen LogP contribution in [0, 0.1) is 0 Å². The van der Waals surface area contributed by atoms with E-state index in [-0.39, 0.29) is 5.91 Å². The third kappa shape index (κ3) is 3.64. The molecule has 0 saturated carbocycles. The van der Waals surface area contributed by atoms with Crippen LogP contribution in [0.2, 0.25) is 5.02 Å². The summed E-state index contributed by atoms with van der Waals surface area (Å²) in [4.78, 5) is 12.6. The molecule has 3 N–H and O–H groups in total. The Balaban J connectivity index is 1.78. The van der Waals surface area contributed by atoms with Crippen LogP contribution < -0.4 is 11.1 Å². The fourth-order valence-corrected chi connectivity index (χ4v) is 2.47. The molecule has 2 aromatic carbocycles. The number of hydrogen-bond donors (Lipinski definition) is 2. The second kappa shape index (κ2) is 7.29. The van der Waals surface area contributed by atoms with Crippen molar-refractivity contribution in [3.05, 3.63) is 82.6 Å². The minimum atomic E-state index is -0.162. The SMILES string of the molecule is NCc1cnn(-c2ccccc2C(=O)NCc2ccc(Cl)cc2)c1. The molecule has 0 atom stereocenters. The molecule has 0 fully saturated rings. The average Bonchev–Trinajstić information content (AvgIpc) is 3.10. The molecule has 0 unspecified atom stereocenters. The molecular weight excluding hydrogens is 324 g/mol. The molecule has 0 aliphatic carbocycles. The highest BCUT2D eigenvalue weighted by Crippen LogP contribution is 2.15. The van der Waals surface area contributed by atoms with Crippen LogP contribution in [0.1, 0.15) is 21.5 Å². The summed E-state index contributed by atoms with van der Waals surface area (Å²) >= 11 is 5.87. The first kappa shape index (κ1) is 16.2. The number of benzene rings is 2. The van der Waals surface area contributed by atoms with Gasteiger partial charge in [0.15, 0.2) is 0 Å². The fourth-order valence-electron chi connectivity index (χ4n) is 2.34. The van der Waals surface area contributed by atoms with Crippen LogP contribution in [0.4, 0.5) is 0 Å². The smallest absolute Gasteiger partial charge is 0.253 e. The first-order chi connectivity index (χ1) is 11.7. The number of hydrogen-bond acceptors (Lipinski definition) is 3. The zero-order chi connectivity index (χ0) is 16.9. The molecule has 5 nitrogen and oxygen atoms in total. The van der Waals surface area contributed by atoms with E-state index >= 15 is 0 Å². The quantitative estimate of drug-likeness (QED) is 0.750. The first-order valence-corrected chi connectivity index (χ1v) is 7.91. The van der Waals surface area contributed by atoms with E-state index < -0.39 is 0 Å². The minimum absolute atomic E-state index is 0.162. The standard InChI is InChI=1S/C18H17ClN4O/c19-15-7-5-13(6-8-15)10-21-18(24)16-3-1-2-4-17(16)23-12-14(9-20)11-22-23/h1-8,11-12H,9-10,20H2,(H,21,24). The maximum absolute atomic E-state index is 12.6. The van der Waals surface area contributed by atoms with Crippen LogP contribution in [-0.2, 0) is 13.1 Å². The minimum Gasteiger partial charge on any atom is -0.348 e. The molecule has 1 aromatic heterocycles. The topological polar surface area (TPSA) is 72.9 Å². The molecule has 0 saturated heterocycles. The van der Waals surface area contributed by atoms with Crippen molar-refractivity contribution in [3.8, 4) is 5.69 Å². The lowest BCUT2D eigenvalue weighted by atomic mass is 10.1. The van der Waals surface area contributed by atoms with Gasteiger partial charge in [0.2, 0.25) is 0 Å². The van der Waals surface area contributed by atoms with Crippen molar-refractivity contribution < 1.29 is 4.79 Å². The van der Waals surface area contributed by atoms with Crippen molar-refractivity contribution in [2.75, 3.05) is 0 Å². The maximum atomic E-state index is 12.6. The largest absolute Gasteiger partial charge is 0.348 e. The summed E-state index contributed by atoms with van der Waals surface area (Å²) in [6.45, 7) is 0.836. The van der Waals surface area contributed by atoms with E-state index in [4.69, 9.17) is 17.3 Å². The van der Waals surface area contributed by atoms with E-state index in [1.54, 1.807) is 29.1 Å². The Kier molecular flexibility index (Phi) is 4.93. The molecule has 122 valence electrons. The van der Waals surface area contributed by atoms with Crippen LogP contribution in [0.3, 0.4) is 0 Å². The number of nitrogens with zero attached hydrogens (tertiary/aromatic N) is 2. The van der Waals surface area contributed by atoms with Crippen molar-refractivity contribution >= 4 is 17.5 Å². The van der Waals surface area contributed by atoms with Gasteiger partial charge in [-0.05, 0) is 29.8 Å². The van der Waals surface area contributed by atoms with E-state index in [9.17, 15) is 4.79 Å². The number of para-hydroxylation sites is 1. The predicted molar refractivity (Wildman–Crippen MR) is 94.1 cm³/mol. The van der Waals surface area contributed by atoms with E-state index in [2.05, 4.69) is 10.4 Å². The summed E-state index contributed by atoms with van der Waals surface area (Å²) in [6, 6.07) is 14.7. The lowest BCUT2D eigenvalue weighted by Gasteiger charge is -2.10. The summed E-state index contributed by atoms with van der Waals surface area (Å²) in [5.41, 5.74) is 8.78. The Hall–Kier alpha value is -2.63.